The fourth-order valence-corrected chi connectivity index (χ4v) is 3.20. The summed E-state index contributed by atoms with van der Waals surface area (Å²) in [6, 6.07) is 5.16. The topological polar surface area (TPSA) is 87.7 Å². The predicted molar refractivity (Wildman–Crippen MR) is 88.4 cm³/mol. The van der Waals surface area contributed by atoms with E-state index >= 15 is 0 Å². The normalized spacial score (nSPS) is 13.2. The quantitative estimate of drug-likeness (QED) is 0.687. The Morgan fingerprint density at radius 1 is 1.22 bits per heavy atom. The fourth-order valence-electron chi connectivity index (χ4n) is 1.99. The van der Waals surface area contributed by atoms with Gasteiger partial charge in [-0.2, -0.15) is 4.72 Å². The van der Waals surface area contributed by atoms with Crippen molar-refractivity contribution in [1.29, 1.82) is 0 Å². The molecule has 0 aliphatic carbocycles. The zero-order valence-corrected chi connectivity index (χ0v) is 15.0. The predicted octanol–water partition coefficient (Wildman–Crippen LogP) is 0.981. The molecule has 0 fully saturated rings. The van der Waals surface area contributed by atoms with E-state index in [0.29, 0.717) is 12.2 Å². The molecular weight excluding hydrogens is 318 g/mol. The van der Waals surface area contributed by atoms with E-state index in [-0.39, 0.29) is 16.7 Å². The van der Waals surface area contributed by atoms with E-state index in [1.165, 1.54) is 24.3 Å². The summed E-state index contributed by atoms with van der Waals surface area (Å²) in [4.78, 5) is 12.3. The van der Waals surface area contributed by atoms with Crippen molar-refractivity contribution in [3.63, 3.8) is 0 Å². The van der Waals surface area contributed by atoms with Gasteiger partial charge in [-0.05, 0) is 36.6 Å². The smallest absolute Gasteiger partial charge is 0.252 e. The second kappa shape index (κ2) is 8.28. The van der Waals surface area contributed by atoms with E-state index < -0.39 is 16.1 Å². The van der Waals surface area contributed by atoms with Crippen LogP contribution < -0.4 is 14.9 Å². The molecule has 0 aliphatic rings. The third-order valence-corrected chi connectivity index (χ3v) is 4.51. The SMILES string of the molecule is COc1ccc(S(=O)(=O)N[C@H](CC(C)C)C(=O)NN(C)C)cc1. The molecule has 23 heavy (non-hydrogen) atoms. The Hall–Kier alpha value is -1.64. The number of ether oxygens (including phenoxy) is 1. The largest absolute Gasteiger partial charge is 0.497 e. The summed E-state index contributed by atoms with van der Waals surface area (Å²) >= 11 is 0. The number of hydrogen-bond donors (Lipinski definition) is 2. The number of sulfonamides is 1. The van der Waals surface area contributed by atoms with E-state index in [2.05, 4.69) is 10.1 Å². The number of nitrogens with one attached hydrogen (secondary N) is 2. The van der Waals surface area contributed by atoms with Gasteiger partial charge in [-0.3, -0.25) is 10.2 Å². The molecular formula is C15H25N3O4S. The summed E-state index contributed by atoms with van der Waals surface area (Å²) in [5.74, 6) is 0.334. The number of hydrazine groups is 1. The fraction of sp³-hybridized carbons (Fsp3) is 0.533. The summed E-state index contributed by atoms with van der Waals surface area (Å²) in [6.45, 7) is 3.86. The zero-order chi connectivity index (χ0) is 17.6. The third kappa shape index (κ3) is 6.17. The number of rotatable bonds is 8. The molecule has 8 heteroatoms. The van der Waals surface area contributed by atoms with Gasteiger partial charge in [0.15, 0.2) is 0 Å². The van der Waals surface area contributed by atoms with Crippen LogP contribution in [0, 0.1) is 5.92 Å². The Kier molecular flexibility index (Phi) is 6.99. The average molecular weight is 343 g/mol. The van der Waals surface area contributed by atoms with Crippen molar-refractivity contribution in [3.8, 4) is 5.75 Å². The van der Waals surface area contributed by atoms with E-state index in [0.717, 1.165) is 0 Å². The standard InChI is InChI=1S/C15H25N3O4S/c1-11(2)10-14(15(19)16-18(3)4)17-23(20,21)13-8-6-12(22-5)7-9-13/h6-9,11,14,17H,10H2,1-5H3,(H,16,19)/t14-/m1/s1. The molecule has 0 spiro atoms. The zero-order valence-electron chi connectivity index (χ0n) is 14.2. The van der Waals surface area contributed by atoms with Crippen molar-refractivity contribution < 1.29 is 17.9 Å². The molecule has 1 aromatic rings. The van der Waals surface area contributed by atoms with E-state index in [9.17, 15) is 13.2 Å². The first kappa shape index (κ1) is 19.4. The lowest BCUT2D eigenvalue weighted by atomic mass is 10.0. The maximum Gasteiger partial charge on any atom is 0.252 e. The van der Waals surface area contributed by atoms with E-state index in [4.69, 9.17) is 4.74 Å². The molecule has 1 aromatic carbocycles. The van der Waals surface area contributed by atoms with Gasteiger partial charge in [-0.15, -0.1) is 0 Å². The van der Waals surface area contributed by atoms with Crippen LogP contribution in [0.25, 0.3) is 0 Å². The molecule has 7 nitrogen and oxygen atoms in total. The van der Waals surface area contributed by atoms with Gasteiger partial charge in [0, 0.05) is 14.1 Å². The third-order valence-electron chi connectivity index (χ3n) is 3.02. The highest BCUT2D eigenvalue weighted by molar-refractivity contribution is 7.89. The minimum Gasteiger partial charge on any atom is -0.497 e. The molecule has 2 N–H and O–H groups in total. The van der Waals surface area contributed by atoms with Crippen LogP contribution in [0.2, 0.25) is 0 Å². The molecule has 0 unspecified atom stereocenters. The van der Waals surface area contributed by atoms with Crippen LogP contribution in [0.1, 0.15) is 20.3 Å². The number of methoxy groups -OCH3 is 1. The lowest BCUT2D eigenvalue weighted by Crippen LogP contribution is -2.50. The van der Waals surface area contributed by atoms with Crippen molar-refractivity contribution >= 4 is 15.9 Å². The molecule has 0 radical (unpaired) electrons. The molecule has 0 aromatic heterocycles. The number of nitrogens with zero attached hydrogens (tertiary/aromatic N) is 1. The van der Waals surface area contributed by atoms with Gasteiger partial charge >= 0.3 is 0 Å². The van der Waals surface area contributed by atoms with Crippen LogP contribution in [-0.2, 0) is 14.8 Å². The van der Waals surface area contributed by atoms with Crippen LogP contribution in [0.3, 0.4) is 0 Å². The van der Waals surface area contributed by atoms with Gasteiger partial charge < -0.3 is 4.74 Å². The number of carbonyl (C=O) groups is 1. The van der Waals surface area contributed by atoms with Crippen molar-refractivity contribution in [3.05, 3.63) is 24.3 Å². The van der Waals surface area contributed by atoms with Gasteiger partial charge in [-0.25, -0.2) is 13.4 Å². The van der Waals surface area contributed by atoms with Gasteiger partial charge in [0.25, 0.3) is 5.91 Å². The lowest BCUT2D eigenvalue weighted by molar-refractivity contribution is -0.126. The molecule has 0 bridgehead atoms. The summed E-state index contributed by atoms with van der Waals surface area (Å²) in [7, 11) is 1.05. The van der Waals surface area contributed by atoms with Crippen LogP contribution in [0.15, 0.2) is 29.2 Å². The first-order valence-electron chi connectivity index (χ1n) is 7.30. The molecule has 1 amide bonds. The second-order valence-corrected chi connectivity index (χ2v) is 7.56. The monoisotopic (exact) mass is 343 g/mol. The minimum absolute atomic E-state index is 0.0877. The Morgan fingerprint density at radius 2 is 1.78 bits per heavy atom. The van der Waals surface area contributed by atoms with Crippen LogP contribution in [0.4, 0.5) is 0 Å². The molecule has 130 valence electrons. The summed E-state index contributed by atoms with van der Waals surface area (Å²) < 4.78 is 32.4. The molecule has 0 saturated heterocycles. The van der Waals surface area contributed by atoms with Crippen LogP contribution in [-0.4, -0.2) is 46.6 Å². The average Bonchev–Trinajstić information content (AvgIpc) is 2.45. The van der Waals surface area contributed by atoms with Crippen LogP contribution in [0.5, 0.6) is 5.75 Å². The Morgan fingerprint density at radius 3 is 2.22 bits per heavy atom. The molecule has 0 heterocycles. The second-order valence-electron chi connectivity index (χ2n) is 5.85. The number of amides is 1. The Bertz CT molecular complexity index is 612. The maximum atomic E-state index is 12.5. The van der Waals surface area contributed by atoms with Crippen molar-refractivity contribution in [2.75, 3.05) is 21.2 Å². The van der Waals surface area contributed by atoms with Gasteiger partial charge in [-0.1, -0.05) is 13.8 Å². The van der Waals surface area contributed by atoms with Gasteiger partial charge in [0.05, 0.1) is 12.0 Å². The van der Waals surface area contributed by atoms with E-state index in [1.54, 1.807) is 26.2 Å². The number of benzene rings is 1. The highest BCUT2D eigenvalue weighted by atomic mass is 32.2. The summed E-state index contributed by atoms with van der Waals surface area (Å²) in [5, 5.41) is 1.48. The highest BCUT2D eigenvalue weighted by Crippen LogP contribution is 2.16. The van der Waals surface area contributed by atoms with Gasteiger partial charge in [0.1, 0.15) is 11.8 Å². The van der Waals surface area contributed by atoms with Crippen molar-refractivity contribution in [2.24, 2.45) is 5.92 Å². The first-order valence-corrected chi connectivity index (χ1v) is 8.78. The summed E-state index contributed by atoms with van der Waals surface area (Å²) in [5.41, 5.74) is 2.59. The number of carbonyl (C=O) groups excluding carboxylic acids is 1. The van der Waals surface area contributed by atoms with Crippen molar-refractivity contribution in [1.82, 2.24) is 15.2 Å². The molecule has 0 aliphatic heterocycles. The molecule has 0 saturated carbocycles. The van der Waals surface area contributed by atoms with E-state index in [1.807, 2.05) is 13.8 Å². The first-order chi connectivity index (χ1) is 10.7. The maximum absolute atomic E-state index is 12.5. The molecule has 1 rings (SSSR count). The van der Waals surface area contributed by atoms with Crippen molar-refractivity contribution in [2.45, 2.75) is 31.2 Å². The number of hydrogen-bond acceptors (Lipinski definition) is 5. The Balaban J connectivity index is 2.97. The molecule has 1 atom stereocenters. The van der Waals surface area contributed by atoms with Crippen LogP contribution >= 0.6 is 0 Å². The lowest BCUT2D eigenvalue weighted by Gasteiger charge is -2.22. The highest BCUT2D eigenvalue weighted by Gasteiger charge is 2.26. The van der Waals surface area contributed by atoms with Gasteiger partial charge in [0.2, 0.25) is 10.0 Å². The minimum atomic E-state index is -3.80. The summed E-state index contributed by atoms with van der Waals surface area (Å²) in [6.07, 6.45) is 0.398. The Labute approximate surface area is 138 Å².